The summed E-state index contributed by atoms with van der Waals surface area (Å²) in [5, 5.41) is 14.4. The lowest BCUT2D eigenvalue weighted by Gasteiger charge is -2.36. The number of non-ortho nitro benzene ring substituents is 1. The van der Waals surface area contributed by atoms with E-state index in [4.69, 9.17) is 0 Å². The first-order valence-electron chi connectivity index (χ1n) is 10.5. The summed E-state index contributed by atoms with van der Waals surface area (Å²) in [6.45, 7) is 7.58. The number of amides is 1. The molecule has 9 heteroatoms. The molecule has 2 aromatic rings. The van der Waals surface area contributed by atoms with E-state index in [2.05, 4.69) is 5.32 Å². The van der Waals surface area contributed by atoms with E-state index >= 15 is 0 Å². The largest absolute Gasteiger partial charge is 0.384 e. The van der Waals surface area contributed by atoms with Gasteiger partial charge in [-0.3, -0.25) is 19.7 Å². The number of Topliss-reactive ketones (excluding diaryl/α,β-unsaturated/α-hetero) is 1. The fourth-order valence-corrected chi connectivity index (χ4v) is 3.59. The van der Waals surface area contributed by atoms with Gasteiger partial charge in [0.1, 0.15) is 5.82 Å². The first-order valence-corrected chi connectivity index (χ1v) is 10.5. The summed E-state index contributed by atoms with van der Waals surface area (Å²) in [4.78, 5) is 38.8. The number of benzene rings is 2. The van der Waals surface area contributed by atoms with Gasteiger partial charge in [0, 0.05) is 56.1 Å². The monoisotopic (exact) mass is 442 g/mol. The average Bonchev–Trinajstić information content (AvgIpc) is 2.77. The minimum absolute atomic E-state index is 0.144. The number of nitro groups is 1. The van der Waals surface area contributed by atoms with E-state index < -0.39 is 10.7 Å². The third-order valence-corrected chi connectivity index (χ3v) is 5.41. The second-order valence-corrected chi connectivity index (χ2v) is 8.26. The van der Waals surface area contributed by atoms with Gasteiger partial charge in [-0.25, -0.2) is 4.39 Å². The predicted molar refractivity (Wildman–Crippen MR) is 121 cm³/mol. The molecule has 1 aliphatic rings. The van der Waals surface area contributed by atoms with Gasteiger partial charge in [0.2, 0.25) is 0 Å². The number of hydrogen-bond donors (Lipinski definition) is 1. The maximum Gasteiger partial charge on any atom is 0.270 e. The number of hydrogen-bond acceptors (Lipinski definition) is 6. The van der Waals surface area contributed by atoms with E-state index in [0.29, 0.717) is 55.6 Å². The Kier molecular flexibility index (Phi) is 7.07. The van der Waals surface area contributed by atoms with Crippen LogP contribution in [-0.2, 0) is 0 Å². The zero-order valence-electron chi connectivity index (χ0n) is 18.4. The van der Waals surface area contributed by atoms with Gasteiger partial charge in [-0.1, -0.05) is 13.8 Å². The lowest BCUT2D eigenvalue weighted by Crippen LogP contribution is -2.49. The minimum atomic E-state index is -0.519. The third-order valence-electron chi connectivity index (χ3n) is 5.41. The standard InChI is InChI=1S/C23H27FN4O4/c1-15(2)14-25-21-6-5-18(28(31)32)13-19(21)23(30)27-10-8-26(9-11-27)22-7-4-17(16(3)29)12-20(22)24/h4-7,12-13,15,25H,8-11,14H2,1-3H3. The van der Waals surface area contributed by atoms with Gasteiger partial charge < -0.3 is 15.1 Å². The summed E-state index contributed by atoms with van der Waals surface area (Å²) < 4.78 is 14.5. The number of nitro benzene ring substituents is 1. The Hall–Kier alpha value is -3.49. The van der Waals surface area contributed by atoms with Crippen LogP contribution in [-0.4, -0.2) is 54.2 Å². The van der Waals surface area contributed by atoms with Gasteiger partial charge in [0.15, 0.2) is 5.78 Å². The zero-order valence-corrected chi connectivity index (χ0v) is 18.4. The number of nitrogens with one attached hydrogen (secondary N) is 1. The highest BCUT2D eigenvalue weighted by atomic mass is 19.1. The molecule has 170 valence electrons. The van der Waals surface area contributed by atoms with Crippen LogP contribution >= 0.6 is 0 Å². The second-order valence-electron chi connectivity index (χ2n) is 8.26. The second kappa shape index (κ2) is 9.76. The van der Waals surface area contributed by atoms with Crippen LogP contribution in [0.1, 0.15) is 41.5 Å². The van der Waals surface area contributed by atoms with Crippen molar-refractivity contribution in [2.75, 3.05) is 42.9 Å². The van der Waals surface area contributed by atoms with Crippen molar-refractivity contribution in [3.63, 3.8) is 0 Å². The van der Waals surface area contributed by atoms with Gasteiger partial charge in [0.05, 0.1) is 16.2 Å². The molecule has 0 aromatic heterocycles. The maximum absolute atomic E-state index is 14.5. The summed E-state index contributed by atoms with van der Waals surface area (Å²) in [5.74, 6) is -0.644. The molecule has 3 rings (SSSR count). The molecule has 1 aliphatic heterocycles. The Morgan fingerprint density at radius 2 is 1.81 bits per heavy atom. The number of carbonyl (C=O) groups is 2. The molecule has 1 amide bonds. The molecule has 0 saturated carbocycles. The normalized spacial score (nSPS) is 13.9. The van der Waals surface area contributed by atoms with Crippen LogP contribution in [0.4, 0.5) is 21.5 Å². The number of ketones is 1. The molecule has 0 bridgehead atoms. The van der Waals surface area contributed by atoms with Crippen LogP contribution in [0.5, 0.6) is 0 Å². The predicted octanol–water partition coefficient (Wildman–Crippen LogP) is 3.97. The fraction of sp³-hybridized carbons (Fsp3) is 0.391. The lowest BCUT2D eigenvalue weighted by atomic mass is 10.1. The van der Waals surface area contributed by atoms with Crippen molar-refractivity contribution in [2.45, 2.75) is 20.8 Å². The summed E-state index contributed by atoms with van der Waals surface area (Å²) >= 11 is 0. The van der Waals surface area contributed by atoms with Gasteiger partial charge in [-0.05, 0) is 37.1 Å². The van der Waals surface area contributed by atoms with Crippen molar-refractivity contribution in [1.29, 1.82) is 0 Å². The summed E-state index contributed by atoms with van der Waals surface area (Å²) in [6.07, 6.45) is 0. The highest BCUT2D eigenvalue weighted by Gasteiger charge is 2.27. The first-order chi connectivity index (χ1) is 15.2. The molecular weight excluding hydrogens is 415 g/mol. The topological polar surface area (TPSA) is 95.8 Å². The Morgan fingerprint density at radius 1 is 1.12 bits per heavy atom. The van der Waals surface area contributed by atoms with Crippen molar-refractivity contribution >= 4 is 28.8 Å². The van der Waals surface area contributed by atoms with Crippen molar-refractivity contribution in [3.8, 4) is 0 Å². The lowest BCUT2D eigenvalue weighted by molar-refractivity contribution is -0.384. The van der Waals surface area contributed by atoms with Crippen LogP contribution in [0, 0.1) is 21.8 Å². The van der Waals surface area contributed by atoms with Crippen LogP contribution in [0.15, 0.2) is 36.4 Å². The molecule has 1 fully saturated rings. The maximum atomic E-state index is 14.5. The molecule has 2 aromatic carbocycles. The molecule has 8 nitrogen and oxygen atoms in total. The smallest absolute Gasteiger partial charge is 0.270 e. The number of carbonyl (C=O) groups excluding carboxylic acids is 2. The van der Waals surface area contributed by atoms with Crippen LogP contribution in [0.3, 0.4) is 0 Å². The highest BCUT2D eigenvalue weighted by molar-refractivity contribution is 6.00. The number of nitrogens with zero attached hydrogens (tertiary/aromatic N) is 3. The fourth-order valence-electron chi connectivity index (χ4n) is 3.59. The molecule has 0 atom stereocenters. The van der Waals surface area contributed by atoms with Crippen LogP contribution < -0.4 is 10.2 Å². The van der Waals surface area contributed by atoms with E-state index in [9.17, 15) is 24.1 Å². The highest BCUT2D eigenvalue weighted by Crippen LogP contribution is 2.26. The van der Waals surface area contributed by atoms with E-state index in [1.807, 2.05) is 18.7 Å². The Balaban J connectivity index is 1.75. The zero-order chi connectivity index (χ0) is 23.4. The minimum Gasteiger partial charge on any atom is -0.384 e. The molecule has 0 unspecified atom stereocenters. The van der Waals surface area contributed by atoms with Crippen molar-refractivity contribution in [2.24, 2.45) is 5.92 Å². The summed E-state index contributed by atoms with van der Waals surface area (Å²) in [7, 11) is 0. The molecular formula is C23H27FN4O4. The summed E-state index contributed by atoms with van der Waals surface area (Å²) in [6, 6.07) is 8.65. The third kappa shape index (κ3) is 5.22. The van der Waals surface area contributed by atoms with Gasteiger partial charge >= 0.3 is 0 Å². The number of anilines is 2. The van der Waals surface area contributed by atoms with E-state index in [-0.39, 0.29) is 22.9 Å². The average molecular weight is 442 g/mol. The molecule has 32 heavy (non-hydrogen) atoms. The van der Waals surface area contributed by atoms with E-state index in [1.54, 1.807) is 23.1 Å². The van der Waals surface area contributed by atoms with Crippen LogP contribution in [0.25, 0.3) is 0 Å². The van der Waals surface area contributed by atoms with E-state index in [1.165, 1.54) is 25.1 Å². The van der Waals surface area contributed by atoms with Crippen molar-refractivity contribution in [3.05, 3.63) is 63.5 Å². The molecule has 0 radical (unpaired) electrons. The van der Waals surface area contributed by atoms with E-state index in [0.717, 1.165) is 0 Å². The Bertz CT molecular complexity index is 1030. The van der Waals surface area contributed by atoms with Gasteiger partial charge in [0.25, 0.3) is 11.6 Å². The molecule has 1 heterocycles. The molecule has 1 N–H and O–H groups in total. The number of rotatable bonds is 7. The van der Waals surface area contributed by atoms with Gasteiger partial charge in [-0.2, -0.15) is 0 Å². The van der Waals surface area contributed by atoms with Crippen molar-refractivity contribution < 1.29 is 18.9 Å². The van der Waals surface area contributed by atoms with Crippen molar-refractivity contribution in [1.82, 2.24) is 4.90 Å². The Labute approximate surface area is 186 Å². The quantitative estimate of drug-likeness (QED) is 0.396. The first kappa shape index (κ1) is 23.2. The number of piperazine rings is 1. The number of halogens is 1. The van der Waals surface area contributed by atoms with Gasteiger partial charge in [-0.15, -0.1) is 0 Å². The van der Waals surface area contributed by atoms with Crippen LogP contribution in [0.2, 0.25) is 0 Å². The molecule has 0 spiro atoms. The SMILES string of the molecule is CC(=O)c1ccc(N2CCN(C(=O)c3cc([N+](=O)[O-])ccc3NCC(C)C)CC2)c(F)c1. The summed E-state index contributed by atoms with van der Waals surface area (Å²) in [5.41, 5.74) is 1.37. The Morgan fingerprint density at radius 3 is 2.38 bits per heavy atom. The molecule has 1 saturated heterocycles. The molecule has 0 aliphatic carbocycles.